The van der Waals surface area contributed by atoms with Crippen molar-refractivity contribution in [1.29, 1.82) is 0 Å². The molecule has 4 nitrogen and oxygen atoms in total. The van der Waals surface area contributed by atoms with E-state index in [-0.39, 0.29) is 17.7 Å². The summed E-state index contributed by atoms with van der Waals surface area (Å²) in [5.74, 6) is 4.10. The number of anilines is 1. The van der Waals surface area contributed by atoms with Crippen molar-refractivity contribution in [2.45, 2.75) is 19.9 Å². The van der Waals surface area contributed by atoms with Gasteiger partial charge in [-0.1, -0.05) is 0 Å². The lowest BCUT2D eigenvalue weighted by molar-refractivity contribution is 0.586. The molecule has 1 aromatic rings. The first kappa shape index (κ1) is 12.4. The number of hydrogen-bond acceptors (Lipinski definition) is 2. The van der Waals surface area contributed by atoms with E-state index >= 15 is 0 Å². The molecule has 0 unspecified atom stereocenters. The van der Waals surface area contributed by atoms with Gasteiger partial charge in [0.25, 0.3) is 0 Å². The molecule has 0 saturated carbocycles. The highest BCUT2D eigenvalue weighted by molar-refractivity contribution is 5.93. The van der Waals surface area contributed by atoms with Gasteiger partial charge in [0.1, 0.15) is 11.6 Å². The molecule has 0 radical (unpaired) electrons. The van der Waals surface area contributed by atoms with Crippen molar-refractivity contribution >= 4 is 11.6 Å². The summed E-state index contributed by atoms with van der Waals surface area (Å²) in [6.45, 7) is 3.69. The van der Waals surface area contributed by atoms with Crippen LogP contribution in [-0.2, 0) is 0 Å². The van der Waals surface area contributed by atoms with E-state index in [4.69, 9.17) is 5.84 Å². The summed E-state index contributed by atoms with van der Waals surface area (Å²) in [4.78, 5) is 4.06. The van der Waals surface area contributed by atoms with Crippen LogP contribution in [0.4, 0.5) is 14.5 Å². The normalized spacial score (nSPS) is 11.8. The number of guanidine groups is 1. The summed E-state index contributed by atoms with van der Waals surface area (Å²) in [6, 6.07) is 3.21. The first-order valence-corrected chi connectivity index (χ1v) is 4.79. The van der Waals surface area contributed by atoms with Gasteiger partial charge in [0.2, 0.25) is 5.96 Å². The monoisotopic (exact) mass is 228 g/mol. The number of hydrazine groups is 1. The van der Waals surface area contributed by atoms with Crippen LogP contribution in [0.5, 0.6) is 0 Å². The summed E-state index contributed by atoms with van der Waals surface area (Å²) in [7, 11) is 0. The molecule has 4 N–H and O–H groups in total. The lowest BCUT2D eigenvalue weighted by Gasteiger charge is -2.11. The molecule has 0 saturated heterocycles. The van der Waals surface area contributed by atoms with Crippen molar-refractivity contribution in [1.82, 2.24) is 5.43 Å². The van der Waals surface area contributed by atoms with Crippen molar-refractivity contribution in [2.24, 2.45) is 10.8 Å². The molecular formula is C10H14F2N4. The zero-order valence-electron chi connectivity index (χ0n) is 9.09. The highest BCUT2D eigenvalue weighted by Crippen LogP contribution is 2.14. The van der Waals surface area contributed by atoms with Crippen molar-refractivity contribution in [3.8, 4) is 0 Å². The Kier molecular flexibility index (Phi) is 4.19. The Bertz CT molecular complexity index is 390. The van der Waals surface area contributed by atoms with Gasteiger partial charge in [-0.05, 0) is 26.0 Å². The van der Waals surface area contributed by atoms with Crippen LogP contribution in [0.25, 0.3) is 0 Å². The second kappa shape index (κ2) is 5.41. The van der Waals surface area contributed by atoms with Crippen LogP contribution in [0.2, 0.25) is 0 Å². The van der Waals surface area contributed by atoms with Crippen molar-refractivity contribution in [3.05, 3.63) is 29.8 Å². The Hall–Kier alpha value is -1.69. The van der Waals surface area contributed by atoms with Gasteiger partial charge in [-0.2, -0.15) is 0 Å². The molecule has 16 heavy (non-hydrogen) atoms. The highest BCUT2D eigenvalue weighted by Gasteiger charge is 2.06. The van der Waals surface area contributed by atoms with Gasteiger partial charge in [-0.15, -0.1) is 0 Å². The SMILES string of the molecule is CC(C)N=C(NN)Nc1ccc(F)cc1F. The molecule has 0 bridgehead atoms. The van der Waals surface area contributed by atoms with Crippen molar-refractivity contribution in [3.63, 3.8) is 0 Å². The van der Waals surface area contributed by atoms with Gasteiger partial charge in [-0.25, -0.2) is 19.6 Å². The summed E-state index contributed by atoms with van der Waals surface area (Å²) < 4.78 is 25.9. The van der Waals surface area contributed by atoms with Gasteiger partial charge in [0, 0.05) is 12.1 Å². The fraction of sp³-hybridized carbons (Fsp3) is 0.300. The topological polar surface area (TPSA) is 62.4 Å². The lowest BCUT2D eigenvalue weighted by Crippen LogP contribution is -2.37. The fourth-order valence-electron chi connectivity index (χ4n) is 1.08. The molecule has 0 aliphatic heterocycles. The molecule has 6 heteroatoms. The number of halogens is 2. The van der Waals surface area contributed by atoms with E-state index in [1.807, 2.05) is 13.8 Å². The van der Waals surface area contributed by atoms with Crippen LogP contribution in [0, 0.1) is 11.6 Å². The summed E-state index contributed by atoms with van der Waals surface area (Å²) in [5.41, 5.74) is 2.41. The summed E-state index contributed by atoms with van der Waals surface area (Å²) in [6.07, 6.45) is 0. The molecule has 88 valence electrons. The van der Waals surface area contributed by atoms with Gasteiger partial charge in [0.15, 0.2) is 0 Å². The van der Waals surface area contributed by atoms with E-state index in [0.717, 1.165) is 12.1 Å². The van der Waals surface area contributed by atoms with E-state index < -0.39 is 11.6 Å². The van der Waals surface area contributed by atoms with Crippen molar-refractivity contribution < 1.29 is 8.78 Å². The molecule has 0 atom stereocenters. The third-order valence-electron chi connectivity index (χ3n) is 1.71. The van der Waals surface area contributed by atoms with E-state index in [2.05, 4.69) is 15.7 Å². The Morgan fingerprint density at radius 3 is 2.56 bits per heavy atom. The maximum absolute atomic E-state index is 13.3. The quantitative estimate of drug-likeness (QED) is 0.312. The zero-order chi connectivity index (χ0) is 12.1. The molecule has 0 aliphatic rings. The van der Waals surface area contributed by atoms with E-state index in [1.54, 1.807) is 0 Å². The number of nitrogens with two attached hydrogens (primary N) is 1. The Morgan fingerprint density at radius 2 is 2.06 bits per heavy atom. The summed E-state index contributed by atoms with van der Waals surface area (Å²) in [5, 5.41) is 2.63. The number of aliphatic imine (C=N–C) groups is 1. The van der Waals surface area contributed by atoms with E-state index in [1.165, 1.54) is 6.07 Å². The molecule has 0 aliphatic carbocycles. The average molecular weight is 228 g/mol. The van der Waals surface area contributed by atoms with Gasteiger partial charge in [0.05, 0.1) is 5.69 Å². The molecule has 0 amide bonds. The van der Waals surface area contributed by atoms with Crippen LogP contribution in [0.1, 0.15) is 13.8 Å². The first-order valence-electron chi connectivity index (χ1n) is 4.79. The van der Waals surface area contributed by atoms with E-state index in [0.29, 0.717) is 0 Å². The minimum absolute atomic E-state index is 0.00191. The standard InChI is InChI=1S/C10H14F2N4/c1-6(2)14-10(16-13)15-9-4-3-7(11)5-8(9)12/h3-6H,13H2,1-2H3,(H2,14,15,16). The second-order valence-electron chi connectivity index (χ2n) is 3.46. The van der Waals surface area contributed by atoms with Crippen LogP contribution in [-0.4, -0.2) is 12.0 Å². The Labute approximate surface area is 92.5 Å². The zero-order valence-corrected chi connectivity index (χ0v) is 9.09. The van der Waals surface area contributed by atoms with Gasteiger partial charge in [-0.3, -0.25) is 5.43 Å². The molecule has 1 aromatic carbocycles. The van der Waals surface area contributed by atoms with Gasteiger partial charge >= 0.3 is 0 Å². The predicted octanol–water partition coefficient (Wildman–Crippen LogP) is 1.60. The Balaban J connectivity index is 2.86. The first-order chi connectivity index (χ1) is 7.52. The number of hydrogen-bond donors (Lipinski definition) is 3. The molecule has 0 spiro atoms. The Morgan fingerprint density at radius 1 is 1.38 bits per heavy atom. The molecule has 1 rings (SSSR count). The fourth-order valence-corrected chi connectivity index (χ4v) is 1.08. The van der Waals surface area contributed by atoms with Crippen LogP contribution < -0.4 is 16.6 Å². The van der Waals surface area contributed by atoms with Crippen LogP contribution >= 0.6 is 0 Å². The third kappa shape index (κ3) is 3.47. The maximum atomic E-state index is 13.3. The third-order valence-corrected chi connectivity index (χ3v) is 1.71. The maximum Gasteiger partial charge on any atom is 0.210 e. The van der Waals surface area contributed by atoms with Gasteiger partial charge < -0.3 is 5.32 Å². The van der Waals surface area contributed by atoms with Crippen LogP contribution in [0.15, 0.2) is 23.2 Å². The average Bonchev–Trinajstić information content (AvgIpc) is 2.20. The number of nitrogens with zero attached hydrogens (tertiary/aromatic N) is 1. The van der Waals surface area contributed by atoms with E-state index in [9.17, 15) is 8.78 Å². The predicted molar refractivity (Wildman–Crippen MR) is 59.9 cm³/mol. The molecule has 0 fully saturated rings. The molecular weight excluding hydrogens is 214 g/mol. The second-order valence-corrected chi connectivity index (χ2v) is 3.46. The summed E-state index contributed by atoms with van der Waals surface area (Å²) >= 11 is 0. The largest absolute Gasteiger partial charge is 0.323 e. The molecule has 0 heterocycles. The highest BCUT2D eigenvalue weighted by atomic mass is 19.1. The smallest absolute Gasteiger partial charge is 0.210 e. The number of nitrogens with one attached hydrogen (secondary N) is 2. The van der Waals surface area contributed by atoms with Crippen molar-refractivity contribution in [2.75, 3.05) is 5.32 Å². The minimum atomic E-state index is -0.702. The number of benzene rings is 1. The molecule has 0 aromatic heterocycles. The number of rotatable bonds is 2. The van der Waals surface area contributed by atoms with Crippen LogP contribution in [0.3, 0.4) is 0 Å². The minimum Gasteiger partial charge on any atom is -0.323 e. The lowest BCUT2D eigenvalue weighted by atomic mass is 10.3.